The average molecular weight is 1620 g/mol. The number of carbonyl (C=O) groups excluding carboxylic acids is 15. The van der Waals surface area contributed by atoms with Crippen molar-refractivity contribution >= 4 is 145 Å². The Morgan fingerprint density at radius 3 is 1.45 bits per heavy atom. The highest BCUT2D eigenvalue weighted by Gasteiger charge is 2.40. The number of carboxylic acid groups (broad SMARTS) is 2. The maximum Gasteiger partial charge on any atom is 0.327 e. The molecule has 1 aromatic heterocycles. The quantitative estimate of drug-likeness (QED) is 0.0213. The Hall–Kier alpha value is -11.2. The van der Waals surface area contributed by atoms with Gasteiger partial charge >= 0.3 is 11.9 Å². The summed E-state index contributed by atoms with van der Waals surface area (Å²) in [4.78, 5) is 244. The number of carbonyl (C=O) groups is 17. The van der Waals surface area contributed by atoms with Crippen molar-refractivity contribution in [1.82, 2.24) is 74.1 Å². The minimum absolute atomic E-state index is 0.112. The summed E-state index contributed by atoms with van der Waals surface area (Å²) in [7, 11) is 1.64. The Balaban J connectivity index is 2.23. The zero-order valence-electron chi connectivity index (χ0n) is 62.2. The third-order valence-corrected chi connectivity index (χ3v) is 19.4. The molecule has 0 aliphatic carbocycles. The van der Waals surface area contributed by atoms with Crippen molar-refractivity contribution in [3.05, 3.63) is 36.0 Å². The Kier molecular flexibility index (Phi) is 40.0. The molecule has 1 saturated heterocycles. The van der Waals surface area contributed by atoms with Gasteiger partial charge in [0.25, 0.3) is 0 Å². The van der Waals surface area contributed by atoms with E-state index in [0.29, 0.717) is 16.5 Å². The predicted molar refractivity (Wildman–Crippen MR) is 403 cm³/mol. The SMILES string of the molecule is CC[C@H](C)[C@@H]1NC(=O)[C@H]([C@@H](C)O)NC(=O)CNC(=O)[C@H](Cc2c[nH]c3ccccc23)NC(=O)[C@H]([C@@H](C)O)NC(=O)[C@H](CC(=O)O)NC(=O)[C@H](CCCN=C(N)N)NC(=O)[C@H](CC(N)=O)NC(=O)[C@H](CCCN=C(N)N)NC(=O)[C@H]([C@@H](C)O)NC(=O)[C@H](C)NC(=O)[C@@H](N)CSSC[C@@H](C(=O)O)NC(=O)[C@H](CCC(N)=O)NC1=O. The first-order chi connectivity index (χ1) is 52.5. The molecule has 1 aromatic carbocycles. The number of fused-ring (bicyclic) bond motifs is 1. The monoisotopic (exact) mass is 1620 g/mol. The number of para-hydroxylation sites is 1. The van der Waals surface area contributed by atoms with Crippen LogP contribution in [-0.4, -0.2) is 271 Å². The topological polar surface area (TPSA) is 770 Å². The second kappa shape index (κ2) is 47.1. The highest BCUT2D eigenvalue weighted by Crippen LogP contribution is 2.24. The summed E-state index contributed by atoms with van der Waals surface area (Å²) in [6.45, 7) is 6.02. The molecule has 2 heterocycles. The lowest BCUT2D eigenvalue weighted by Crippen LogP contribution is -2.62. The van der Waals surface area contributed by atoms with Gasteiger partial charge in [-0.25, -0.2) is 4.79 Å². The molecule has 0 saturated carbocycles. The molecule has 3 rings (SSSR count). The number of amides is 15. The van der Waals surface area contributed by atoms with E-state index in [-0.39, 0.29) is 50.5 Å². The second-order valence-corrected chi connectivity index (χ2v) is 28.8. The van der Waals surface area contributed by atoms with Crippen LogP contribution in [0.25, 0.3) is 10.9 Å². The zero-order chi connectivity index (χ0) is 84.4. The average Bonchev–Trinajstić information content (AvgIpc) is 1.61. The Bertz CT molecular complexity index is 3740. The molecule has 1 aliphatic rings. The lowest BCUT2D eigenvalue weighted by molar-refractivity contribution is -0.142. The van der Waals surface area contributed by atoms with E-state index in [1.165, 1.54) is 13.1 Å². The fourth-order valence-electron chi connectivity index (χ4n) is 10.6. The van der Waals surface area contributed by atoms with Crippen LogP contribution in [0.15, 0.2) is 40.4 Å². The number of H-pyrrole nitrogens is 1. The number of primary amides is 2. The fraction of sp³-hybridized carbons (Fsp3) is 0.585. The number of aliphatic carboxylic acids is 2. The summed E-state index contributed by atoms with van der Waals surface area (Å²) in [6, 6.07) is -16.9. The first-order valence-electron chi connectivity index (χ1n) is 35.2. The zero-order valence-corrected chi connectivity index (χ0v) is 63.9. The first-order valence-corrected chi connectivity index (χ1v) is 37.7. The van der Waals surface area contributed by atoms with Crippen LogP contribution in [0.5, 0.6) is 0 Å². The van der Waals surface area contributed by atoms with Gasteiger partial charge in [-0.1, -0.05) is 60.1 Å². The highest BCUT2D eigenvalue weighted by atomic mass is 33.1. The Morgan fingerprint density at radius 2 is 0.938 bits per heavy atom. The number of aromatic nitrogens is 1. The maximum atomic E-state index is 14.4. The molecular formula is C65H103N23O22S2. The van der Waals surface area contributed by atoms with Crippen molar-refractivity contribution in [2.24, 2.45) is 56.0 Å². The van der Waals surface area contributed by atoms with Gasteiger partial charge in [0.15, 0.2) is 11.9 Å². The highest BCUT2D eigenvalue weighted by molar-refractivity contribution is 8.76. The molecule has 2 aromatic rings. The molecule has 45 nitrogen and oxygen atoms in total. The molecule has 15 amide bonds. The molecule has 622 valence electrons. The Morgan fingerprint density at radius 1 is 0.500 bits per heavy atom. The molecule has 33 N–H and O–H groups in total. The number of aliphatic imine (C=N–C) groups is 2. The van der Waals surface area contributed by atoms with Crippen molar-refractivity contribution < 1.29 is 107 Å². The number of rotatable bonds is 23. The maximum absolute atomic E-state index is 14.4. The third-order valence-electron chi connectivity index (χ3n) is 16.9. The second-order valence-electron chi connectivity index (χ2n) is 26.2. The van der Waals surface area contributed by atoms with E-state index < -0.39 is 260 Å². The van der Waals surface area contributed by atoms with Gasteiger partial charge < -0.3 is 140 Å². The number of guanidine groups is 2. The van der Waals surface area contributed by atoms with Crippen LogP contribution in [-0.2, 0) is 87.9 Å². The van der Waals surface area contributed by atoms with Crippen LogP contribution in [0.3, 0.4) is 0 Å². The van der Waals surface area contributed by atoms with Crippen molar-refractivity contribution in [2.75, 3.05) is 31.1 Å². The summed E-state index contributed by atoms with van der Waals surface area (Å²) in [5.74, 6) is -23.6. The molecule has 17 atom stereocenters. The molecule has 1 fully saturated rings. The summed E-state index contributed by atoms with van der Waals surface area (Å²) < 4.78 is 0. The van der Waals surface area contributed by atoms with Gasteiger partial charge in [-0.15, -0.1) is 0 Å². The summed E-state index contributed by atoms with van der Waals surface area (Å²) in [5, 5.41) is 83.5. The molecule has 0 spiro atoms. The molecule has 0 unspecified atom stereocenters. The first kappa shape index (κ1) is 95.0. The van der Waals surface area contributed by atoms with Gasteiger partial charge in [-0.05, 0) is 77.3 Å². The minimum atomic E-state index is -2.20. The molecule has 47 heteroatoms. The predicted octanol–water partition coefficient (Wildman–Crippen LogP) is -10.6. The van der Waals surface area contributed by atoms with E-state index in [0.717, 1.165) is 49.3 Å². The number of benzene rings is 1. The van der Waals surface area contributed by atoms with Crippen molar-refractivity contribution in [3.8, 4) is 0 Å². The summed E-state index contributed by atoms with van der Waals surface area (Å²) in [5.41, 5.74) is 39.9. The normalized spacial score (nSPS) is 25.6. The fourth-order valence-corrected chi connectivity index (χ4v) is 12.9. The number of nitrogens with two attached hydrogens (primary N) is 7. The number of nitrogens with one attached hydrogen (secondary N) is 14. The molecule has 0 radical (unpaired) electrons. The van der Waals surface area contributed by atoms with Crippen LogP contribution in [0.4, 0.5) is 0 Å². The smallest absolute Gasteiger partial charge is 0.327 e. The van der Waals surface area contributed by atoms with Crippen molar-refractivity contribution in [1.29, 1.82) is 0 Å². The van der Waals surface area contributed by atoms with Crippen LogP contribution < -0.4 is 109 Å². The van der Waals surface area contributed by atoms with E-state index in [1.54, 1.807) is 31.2 Å². The number of hydrogen-bond acceptors (Lipinski definition) is 25. The number of carboxylic acids is 2. The largest absolute Gasteiger partial charge is 0.481 e. The standard InChI is InChI=1S/C65H103N23O22S2/c1-7-27(2)47-59(105)80-38(16-17-43(67)92)56(102)84-42(63(109)110)26-112-111-25-34(66)52(98)77-28(3)51(97)87-49(30(5)90)60(106)79-37(15-11-19-74-65(71)72)55(101)81-40(21-44(68)93)57(103)78-36(14-10-18-73-64(69)70)54(100)82-41(22-46(95)96)58(104)88-50(31(6)91)61(107)83-39(20-32-23-75-35-13-9-8-12-33(32)35)53(99)76-24-45(94)85-48(29(4)89)62(108)86-47/h8-9,12-13,23,27-31,34,36-42,47-50,75,89-91H,7,10-11,14-22,24-26,66H2,1-6H3,(H2,67,92)(H2,68,93)(H,76,99)(H,77,98)(H,78,103)(H,79,106)(H,80,105)(H,81,101)(H,82,100)(H,83,107)(H,84,102)(H,85,94)(H,86,108)(H,87,97)(H,88,104)(H,95,96)(H,109,110)(H4,69,70,73)(H4,71,72,74)/t27-,28-,29+,30+,31+,34-,36-,37-,38-,39-,40-,41-,42-,47-,48-,49-,50-/m0/s1. The van der Waals surface area contributed by atoms with Crippen molar-refractivity contribution in [3.63, 3.8) is 0 Å². The van der Waals surface area contributed by atoms with Gasteiger partial charge in [0.1, 0.15) is 72.5 Å². The van der Waals surface area contributed by atoms with Gasteiger partial charge in [0.05, 0.1) is 43.7 Å². The molecule has 1 aliphatic heterocycles. The van der Waals surface area contributed by atoms with E-state index in [4.69, 9.17) is 40.1 Å². The van der Waals surface area contributed by atoms with Crippen LogP contribution >= 0.6 is 21.6 Å². The van der Waals surface area contributed by atoms with E-state index in [2.05, 4.69) is 84.1 Å². The third kappa shape index (κ3) is 32.8. The van der Waals surface area contributed by atoms with Crippen LogP contribution in [0, 0.1) is 5.92 Å². The molecule has 112 heavy (non-hydrogen) atoms. The number of aliphatic hydroxyl groups excluding tert-OH is 3. The summed E-state index contributed by atoms with van der Waals surface area (Å²) >= 11 is 0. The van der Waals surface area contributed by atoms with E-state index in [9.17, 15) is 107 Å². The lowest BCUT2D eigenvalue weighted by Gasteiger charge is -2.29. The molecular weight excluding hydrogens is 1520 g/mol. The van der Waals surface area contributed by atoms with E-state index in [1.807, 2.05) is 0 Å². The van der Waals surface area contributed by atoms with Gasteiger partial charge in [0.2, 0.25) is 88.6 Å². The van der Waals surface area contributed by atoms with Crippen LogP contribution in [0.1, 0.15) is 105 Å². The van der Waals surface area contributed by atoms with Gasteiger partial charge in [-0.3, -0.25) is 86.7 Å². The van der Waals surface area contributed by atoms with Gasteiger partial charge in [0, 0.05) is 54.5 Å². The van der Waals surface area contributed by atoms with Gasteiger partial charge in [-0.2, -0.15) is 0 Å². The number of aromatic amines is 1. The minimum Gasteiger partial charge on any atom is -0.481 e. The van der Waals surface area contributed by atoms with Crippen LogP contribution in [0.2, 0.25) is 0 Å². The number of nitrogens with zero attached hydrogens (tertiary/aromatic N) is 2. The van der Waals surface area contributed by atoms with Crippen molar-refractivity contribution in [2.45, 2.75) is 203 Å². The lowest BCUT2D eigenvalue weighted by atomic mass is 9.96. The summed E-state index contributed by atoms with van der Waals surface area (Å²) in [6.07, 6.45) is -8.66. The number of aliphatic hydroxyl groups is 3. The number of hydrogen-bond donors (Lipinski definition) is 26. The molecule has 0 bridgehead atoms. The van der Waals surface area contributed by atoms with E-state index >= 15 is 0 Å². The Labute approximate surface area is 649 Å².